The van der Waals surface area contributed by atoms with E-state index in [-0.39, 0.29) is 18.4 Å². The quantitative estimate of drug-likeness (QED) is 0.792. The summed E-state index contributed by atoms with van der Waals surface area (Å²) in [6.07, 6.45) is 0. The number of carbonyl (C=O) groups is 2. The Morgan fingerprint density at radius 2 is 1.81 bits per heavy atom. The molecule has 0 fully saturated rings. The molecular weight excluding hydrogens is 352 g/mol. The summed E-state index contributed by atoms with van der Waals surface area (Å²) >= 11 is 6.22. The second kappa shape index (κ2) is 9.25. The molecular formula is C20H23ClN2O3. The number of halogens is 1. The Bertz CT molecular complexity index is 788. The van der Waals surface area contributed by atoms with Gasteiger partial charge in [0.1, 0.15) is 5.75 Å². The summed E-state index contributed by atoms with van der Waals surface area (Å²) in [5, 5.41) is 3.15. The molecule has 2 aromatic carbocycles. The molecule has 138 valence electrons. The van der Waals surface area contributed by atoms with Gasteiger partial charge in [-0.15, -0.1) is 0 Å². The van der Waals surface area contributed by atoms with Crippen molar-refractivity contribution in [3.63, 3.8) is 0 Å². The predicted octanol–water partition coefficient (Wildman–Crippen LogP) is 4.15. The number of nitrogens with one attached hydrogen (secondary N) is 1. The van der Waals surface area contributed by atoms with Crippen molar-refractivity contribution in [1.29, 1.82) is 0 Å². The molecule has 0 aromatic heterocycles. The van der Waals surface area contributed by atoms with Crippen LogP contribution in [0.3, 0.4) is 0 Å². The molecule has 0 spiro atoms. The molecule has 2 rings (SSSR count). The lowest BCUT2D eigenvalue weighted by atomic mass is 10.1. The highest BCUT2D eigenvalue weighted by molar-refractivity contribution is 6.32. The maximum Gasteiger partial charge on any atom is 0.260 e. The van der Waals surface area contributed by atoms with Gasteiger partial charge >= 0.3 is 0 Å². The summed E-state index contributed by atoms with van der Waals surface area (Å²) in [6, 6.07) is 12.3. The van der Waals surface area contributed by atoms with Crippen LogP contribution in [-0.4, -0.2) is 36.4 Å². The van der Waals surface area contributed by atoms with Crippen molar-refractivity contribution in [1.82, 2.24) is 4.90 Å². The number of hydrogen-bond donors (Lipinski definition) is 1. The molecule has 0 aliphatic carbocycles. The molecule has 0 aliphatic rings. The van der Waals surface area contributed by atoms with E-state index in [1.165, 1.54) is 0 Å². The van der Waals surface area contributed by atoms with Crippen LogP contribution in [0.4, 0.5) is 5.69 Å². The molecule has 2 amide bonds. The van der Waals surface area contributed by atoms with Gasteiger partial charge in [0.25, 0.3) is 11.8 Å². The Kier molecular flexibility index (Phi) is 7.04. The molecule has 26 heavy (non-hydrogen) atoms. The fourth-order valence-corrected chi connectivity index (χ4v) is 2.76. The first-order chi connectivity index (χ1) is 12.5. The lowest BCUT2D eigenvalue weighted by Gasteiger charge is -2.19. The number of carbonyl (C=O) groups excluding carboxylic acids is 2. The van der Waals surface area contributed by atoms with Crippen LogP contribution in [0.25, 0.3) is 0 Å². The van der Waals surface area contributed by atoms with Crippen molar-refractivity contribution in [2.24, 2.45) is 0 Å². The van der Waals surface area contributed by atoms with E-state index in [9.17, 15) is 9.59 Å². The maximum absolute atomic E-state index is 12.4. The van der Waals surface area contributed by atoms with Gasteiger partial charge in [-0.1, -0.05) is 29.8 Å². The van der Waals surface area contributed by atoms with Gasteiger partial charge in [0.15, 0.2) is 6.61 Å². The van der Waals surface area contributed by atoms with Crippen LogP contribution in [0.5, 0.6) is 5.75 Å². The van der Waals surface area contributed by atoms with E-state index in [4.69, 9.17) is 16.3 Å². The molecule has 0 atom stereocenters. The zero-order valence-corrected chi connectivity index (χ0v) is 16.0. The molecule has 0 unspecified atom stereocenters. The van der Waals surface area contributed by atoms with Crippen LogP contribution < -0.4 is 10.1 Å². The number of benzene rings is 2. The zero-order valence-electron chi connectivity index (χ0n) is 15.2. The monoisotopic (exact) mass is 374 g/mol. The Morgan fingerprint density at radius 3 is 2.42 bits per heavy atom. The predicted molar refractivity (Wildman–Crippen MR) is 104 cm³/mol. The van der Waals surface area contributed by atoms with Crippen molar-refractivity contribution in [2.75, 3.05) is 25.0 Å². The third-order valence-electron chi connectivity index (χ3n) is 4.05. The van der Waals surface area contributed by atoms with E-state index in [0.717, 1.165) is 5.56 Å². The van der Waals surface area contributed by atoms with Crippen molar-refractivity contribution in [2.45, 2.75) is 20.8 Å². The highest BCUT2D eigenvalue weighted by atomic mass is 35.5. The van der Waals surface area contributed by atoms with Crippen LogP contribution in [0.2, 0.25) is 5.02 Å². The van der Waals surface area contributed by atoms with Gasteiger partial charge in [-0.3, -0.25) is 9.59 Å². The number of ether oxygens (including phenoxy) is 1. The lowest BCUT2D eigenvalue weighted by Crippen LogP contribution is -2.34. The smallest absolute Gasteiger partial charge is 0.260 e. The molecule has 0 aliphatic heterocycles. The molecule has 0 radical (unpaired) electrons. The van der Waals surface area contributed by atoms with Crippen molar-refractivity contribution < 1.29 is 14.3 Å². The summed E-state index contributed by atoms with van der Waals surface area (Å²) in [6.45, 7) is 6.91. The minimum Gasteiger partial charge on any atom is -0.482 e. The average Bonchev–Trinajstić information content (AvgIpc) is 2.62. The number of rotatable bonds is 7. The fraction of sp³-hybridized carbons (Fsp3) is 0.300. The van der Waals surface area contributed by atoms with Gasteiger partial charge in [0.2, 0.25) is 0 Å². The van der Waals surface area contributed by atoms with Gasteiger partial charge in [0, 0.05) is 24.3 Å². The molecule has 0 saturated carbocycles. The lowest BCUT2D eigenvalue weighted by molar-refractivity contribution is -0.132. The van der Waals surface area contributed by atoms with Gasteiger partial charge in [-0.2, -0.15) is 0 Å². The van der Waals surface area contributed by atoms with E-state index < -0.39 is 0 Å². The number of hydrogen-bond acceptors (Lipinski definition) is 3. The van der Waals surface area contributed by atoms with Crippen LogP contribution in [-0.2, 0) is 4.79 Å². The molecule has 5 nitrogen and oxygen atoms in total. The van der Waals surface area contributed by atoms with E-state index in [2.05, 4.69) is 5.32 Å². The minimum absolute atomic E-state index is 0.0731. The number of nitrogens with zero attached hydrogens (tertiary/aromatic N) is 1. The van der Waals surface area contributed by atoms with Gasteiger partial charge in [-0.05, 0) is 50.6 Å². The summed E-state index contributed by atoms with van der Waals surface area (Å²) in [5.41, 5.74) is 2.06. The Morgan fingerprint density at radius 1 is 1.12 bits per heavy atom. The molecule has 6 heteroatoms. The van der Waals surface area contributed by atoms with Gasteiger partial charge in [-0.25, -0.2) is 0 Å². The van der Waals surface area contributed by atoms with E-state index >= 15 is 0 Å². The second-order valence-electron chi connectivity index (χ2n) is 5.77. The molecule has 1 N–H and O–H groups in total. The first-order valence-electron chi connectivity index (χ1n) is 8.53. The summed E-state index contributed by atoms with van der Waals surface area (Å²) < 4.78 is 5.51. The SMILES string of the molecule is CCN(CC)C(=O)COc1ccc(NC(=O)c2ccccc2C)cc1Cl. The number of likely N-dealkylation sites (N-methyl/N-ethyl adjacent to an activating group) is 1. The second-order valence-corrected chi connectivity index (χ2v) is 6.18. The number of anilines is 1. The van der Waals surface area contributed by atoms with Crippen LogP contribution in [0.15, 0.2) is 42.5 Å². The van der Waals surface area contributed by atoms with Crippen LogP contribution in [0.1, 0.15) is 29.8 Å². The average molecular weight is 375 g/mol. The van der Waals surface area contributed by atoms with E-state index in [0.29, 0.717) is 35.1 Å². The van der Waals surface area contributed by atoms with Crippen molar-refractivity contribution in [3.05, 3.63) is 58.6 Å². The standard InChI is InChI=1S/C20H23ClN2O3/c1-4-23(5-2)19(24)13-26-18-11-10-15(12-17(18)21)22-20(25)16-9-7-6-8-14(16)3/h6-12H,4-5,13H2,1-3H3,(H,22,25). The largest absolute Gasteiger partial charge is 0.482 e. The van der Waals surface area contributed by atoms with Gasteiger partial charge < -0.3 is 15.0 Å². The normalized spacial score (nSPS) is 10.3. The number of aryl methyl sites for hydroxylation is 1. The van der Waals surface area contributed by atoms with E-state index in [1.54, 1.807) is 29.2 Å². The first-order valence-corrected chi connectivity index (χ1v) is 8.91. The summed E-state index contributed by atoms with van der Waals surface area (Å²) in [4.78, 5) is 26.0. The summed E-state index contributed by atoms with van der Waals surface area (Å²) in [7, 11) is 0. The van der Waals surface area contributed by atoms with Gasteiger partial charge in [0.05, 0.1) is 5.02 Å². The first kappa shape index (κ1) is 19.8. The third kappa shape index (κ3) is 4.99. The zero-order chi connectivity index (χ0) is 19.1. The maximum atomic E-state index is 12.4. The van der Waals surface area contributed by atoms with Crippen molar-refractivity contribution in [3.8, 4) is 5.75 Å². The highest BCUT2D eigenvalue weighted by Gasteiger charge is 2.13. The third-order valence-corrected chi connectivity index (χ3v) is 4.34. The Labute approximate surface area is 158 Å². The van der Waals surface area contributed by atoms with Crippen LogP contribution >= 0.6 is 11.6 Å². The fourth-order valence-electron chi connectivity index (χ4n) is 2.53. The molecule has 0 saturated heterocycles. The molecule has 0 bridgehead atoms. The van der Waals surface area contributed by atoms with Crippen LogP contribution in [0, 0.1) is 6.92 Å². The topological polar surface area (TPSA) is 58.6 Å². The number of amides is 2. The molecule has 2 aromatic rings. The summed E-state index contributed by atoms with van der Waals surface area (Å²) in [5.74, 6) is 0.105. The van der Waals surface area contributed by atoms with Crippen molar-refractivity contribution >= 4 is 29.1 Å². The molecule has 0 heterocycles. The highest BCUT2D eigenvalue weighted by Crippen LogP contribution is 2.28. The minimum atomic E-state index is -0.204. The van der Waals surface area contributed by atoms with E-state index in [1.807, 2.05) is 39.0 Å². The Hall–Kier alpha value is -2.53. The Balaban J connectivity index is 2.02.